The molecule has 0 saturated carbocycles. The van der Waals surface area contributed by atoms with E-state index >= 15 is 0 Å². The summed E-state index contributed by atoms with van der Waals surface area (Å²) in [6.07, 6.45) is 7.98. The van der Waals surface area contributed by atoms with Gasteiger partial charge in [0.25, 0.3) is 5.91 Å². The highest BCUT2D eigenvalue weighted by atomic mass is 32.1. The predicted octanol–water partition coefficient (Wildman–Crippen LogP) is 4.04. The Bertz CT molecular complexity index is 683. The van der Waals surface area contributed by atoms with Gasteiger partial charge in [-0.1, -0.05) is 13.0 Å². The molecular weight excluding hydrogens is 318 g/mol. The molecule has 24 heavy (non-hydrogen) atoms. The number of piperidine rings is 1. The summed E-state index contributed by atoms with van der Waals surface area (Å²) in [5.74, 6) is 0.183. The molecule has 2 aromatic rings. The van der Waals surface area contributed by atoms with Crippen molar-refractivity contribution in [2.24, 2.45) is 0 Å². The van der Waals surface area contributed by atoms with E-state index in [1.165, 1.54) is 6.42 Å². The molecule has 1 aliphatic heterocycles. The van der Waals surface area contributed by atoms with Crippen LogP contribution in [0, 0.1) is 6.92 Å². The van der Waals surface area contributed by atoms with Crippen molar-refractivity contribution in [2.75, 3.05) is 6.54 Å². The van der Waals surface area contributed by atoms with Crippen LogP contribution in [0.2, 0.25) is 0 Å². The van der Waals surface area contributed by atoms with Gasteiger partial charge in [0.1, 0.15) is 4.88 Å². The summed E-state index contributed by atoms with van der Waals surface area (Å²) in [6.45, 7) is 4.92. The van der Waals surface area contributed by atoms with Gasteiger partial charge in [-0.2, -0.15) is 0 Å². The Kier molecular flexibility index (Phi) is 5.61. The molecule has 1 amide bonds. The van der Waals surface area contributed by atoms with Crippen LogP contribution >= 0.6 is 11.3 Å². The number of thiazole rings is 1. The van der Waals surface area contributed by atoms with Gasteiger partial charge < -0.3 is 4.90 Å². The van der Waals surface area contributed by atoms with E-state index in [9.17, 15) is 4.79 Å². The highest BCUT2D eigenvalue weighted by Crippen LogP contribution is 2.27. The van der Waals surface area contributed by atoms with Crippen LogP contribution in [0.5, 0.6) is 0 Å². The molecule has 3 rings (SSSR count). The Labute approximate surface area is 147 Å². The number of carbonyl (C=O) groups is 1. The second-order valence-corrected chi connectivity index (χ2v) is 7.57. The highest BCUT2D eigenvalue weighted by Gasteiger charge is 2.29. The van der Waals surface area contributed by atoms with Crippen molar-refractivity contribution in [1.82, 2.24) is 14.9 Å². The largest absolute Gasteiger partial charge is 0.335 e. The van der Waals surface area contributed by atoms with Crippen LogP contribution in [0.25, 0.3) is 0 Å². The summed E-state index contributed by atoms with van der Waals surface area (Å²) in [5, 5.41) is 0.984. The predicted molar refractivity (Wildman–Crippen MR) is 97.5 cm³/mol. The fourth-order valence-electron chi connectivity index (χ4n) is 3.44. The number of likely N-dealkylation sites (tertiary alicyclic amines) is 1. The van der Waals surface area contributed by atoms with Gasteiger partial charge in [-0.3, -0.25) is 9.78 Å². The summed E-state index contributed by atoms with van der Waals surface area (Å²) in [5.41, 5.74) is 2.06. The molecule has 0 unspecified atom stereocenters. The summed E-state index contributed by atoms with van der Waals surface area (Å²) >= 11 is 1.54. The van der Waals surface area contributed by atoms with E-state index in [4.69, 9.17) is 0 Å². The van der Waals surface area contributed by atoms with E-state index in [1.54, 1.807) is 11.3 Å². The van der Waals surface area contributed by atoms with Crippen LogP contribution in [-0.2, 0) is 12.8 Å². The number of pyridine rings is 1. The molecule has 0 radical (unpaired) electrons. The third kappa shape index (κ3) is 3.83. The molecule has 1 aliphatic rings. The minimum Gasteiger partial charge on any atom is -0.335 e. The van der Waals surface area contributed by atoms with Crippen LogP contribution in [-0.4, -0.2) is 33.4 Å². The zero-order valence-corrected chi connectivity index (χ0v) is 15.3. The molecule has 1 saturated heterocycles. The quantitative estimate of drug-likeness (QED) is 0.823. The Hall–Kier alpha value is -1.75. The molecule has 0 N–H and O–H groups in total. The number of aromatic nitrogens is 2. The average Bonchev–Trinajstić information content (AvgIpc) is 3.01. The molecule has 5 heteroatoms. The van der Waals surface area contributed by atoms with E-state index in [0.29, 0.717) is 6.04 Å². The first-order valence-electron chi connectivity index (χ1n) is 8.86. The lowest BCUT2D eigenvalue weighted by molar-refractivity contribution is 0.0605. The molecule has 0 spiro atoms. The molecule has 4 nitrogen and oxygen atoms in total. The van der Waals surface area contributed by atoms with E-state index < -0.39 is 0 Å². The van der Waals surface area contributed by atoms with Gasteiger partial charge >= 0.3 is 0 Å². The van der Waals surface area contributed by atoms with Gasteiger partial charge in [0.15, 0.2) is 0 Å². The third-order valence-corrected chi connectivity index (χ3v) is 5.68. The van der Waals surface area contributed by atoms with Crippen molar-refractivity contribution in [3.05, 3.63) is 45.7 Å². The van der Waals surface area contributed by atoms with Gasteiger partial charge in [-0.05, 0) is 57.6 Å². The van der Waals surface area contributed by atoms with Crippen molar-refractivity contribution >= 4 is 17.2 Å². The molecule has 0 aliphatic carbocycles. The van der Waals surface area contributed by atoms with Crippen molar-refractivity contribution in [3.63, 3.8) is 0 Å². The molecular formula is C19H25N3OS. The van der Waals surface area contributed by atoms with E-state index in [1.807, 2.05) is 25.3 Å². The number of hydrogen-bond acceptors (Lipinski definition) is 4. The molecule has 1 atom stereocenters. The lowest BCUT2D eigenvalue weighted by atomic mass is 9.96. The number of nitrogens with zero attached hydrogens (tertiary/aromatic N) is 3. The SMILES string of the molecule is CCc1nc(C)sc1C(=O)N1CCCC[C@H]1CCc1ccccn1. The first kappa shape index (κ1) is 17.1. The van der Waals surface area contributed by atoms with Crippen LogP contribution in [0.15, 0.2) is 24.4 Å². The molecule has 1 fully saturated rings. The number of hydrogen-bond donors (Lipinski definition) is 0. The van der Waals surface area contributed by atoms with Crippen molar-refractivity contribution in [2.45, 2.75) is 58.4 Å². The topological polar surface area (TPSA) is 46.1 Å². The monoisotopic (exact) mass is 343 g/mol. The van der Waals surface area contributed by atoms with E-state index in [0.717, 1.165) is 59.9 Å². The maximum atomic E-state index is 13.1. The van der Waals surface area contributed by atoms with Crippen molar-refractivity contribution < 1.29 is 4.79 Å². The van der Waals surface area contributed by atoms with Gasteiger partial charge in [0, 0.05) is 24.5 Å². The second-order valence-electron chi connectivity index (χ2n) is 6.37. The van der Waals surface area contributed by atoms with Crippen LogP contribution in [0.4, 0.5) is 0 Å². The van der Waals surface area contributed by atoms with E-state index in [2.05, 4.69) is 27.9 Å². The summed E-state index contributed by atoms with van der Waals surface area (Å²) in [4.78, 5) is 25.0. The lowest BCUT2D eigenvalue weighted by Gasteiger charge is -2.35. The third-order valence-electron chi connectivity index (χ3n) is 4.68. The zero-order valence-electron chi connectivity index (χ0n) is 14.5. The fourth-order valence-corrected chi connectivity index (χ4v) is 4.40. The smallest absolute Gasteiger partial charge is 0.266 e. The summed E-state index contributed by atoms with van der Waals surface area (Å²) in [7, 11) is 0. The Morgan fingerprint density at radius 2 is 2.25 bits per heavy atom. The van der Waals surface area contributed by atoms with Crippen molar-refractivity contribution in [1.29, 1.82) is 0 Å². The van der Waals surface area contributed by atoms with Gasteiger partial charge in [0.2, 0.25) is 0 Å². The minimum absolute atomic E-state index is 0.183. The summed E-state index contributed by atoms with van der Waals surface area (Å²) in [6, 6.07) is 6.36. The lowest BCUT2D eigenvalue weighted by Crippen LogP contribution is -2.44. The fraction of sp³-hybridized carbons (Fsp3) is 0.526. The molecule has 0 aromatic carbocycles. The second kappa shape index (κ2) is 7.88. The normalized spacial score (nSPS) is 17.9. The number of carbonyl (C=O) groups excluding carboxylic acids is 1. The summed E-state index contributed by atoms with van der Waals surface area (Å²) < 4.78 is 0. The van der Waals surface area contributed by atoms with Crippen molar-refractivity contribution in [3.8, 4) is 0 Å². The Morgan fingerprint density at radius 3 is 3.00 bits per heavy atom. The van der Waals surface area contributed by atoms with Gasteiger partial charge in [-0.15, -0.1) is 11.3 Å². The molecule has 128 valence electrons. The first-order valence-corrected chi connectivity index (χ1v) is 9.68. The van der Waals surface area contributed by atoms with Gasteiger partial charge in [0.05, 0.1) is 10.7 Å². The number of aryl methyl sites for hydroxylation is 3. The Morgan fingerprint density at radius 1 is 1.38 bits per heavy atom. The van der Waals surface area contributed by atoms with Crippen LogP contribution in [0.3, 0.4) is 0 Å². The number of rotatable bonds is 5. The maximum Gasteiger partial charge on any atom is 0.266 e. The van der Waals surface area contributed by atoms with Crippen LogP contribution < -0.4 is 0 Å². The highest BCUT2D eigenvalue weighted by molar-refractivity contribution is 7.13. The minimum atomic E-state index is 0.183. The average molecular weight is 343 g/mol. The first-order chi connectivity index (χ1) is 11.7. The van der Waals surface area contributed by atoms with Crippen LogP contribution in [0.1, 0.15) is 58.7 Å². The van der Waals surface area contributed by atoms with Gasteiger partial charge in [-0.25, -0.2) is 4.98 Å². The Balaban J connectivity index is 1.72. The standard InChI is InChI=1S/C19H25N3OS/c1-3-17-18(24-14(2)21-17)19(23)22-13-7-5-9-16(22)11-10-15-8-4-6-12-20-15/h4,6,8,12,16H,3,5,7,9-11,13H2,1-2H3/t16-/m0/s1. The number of amides is 1. The zero-order chi connectivity index (χ0) is 16.9. The molecule has 3 heterocycles. The molecule has 2 aromatic heterocycles. The molecule has 0 bridgehead atoms. The maximum absolute atomic E-state index is 13.1. The van der Waals surface area contributed by atoms with E-state index in [-0.39, 0.29) is 5.91 Å².